The highest BCUT2D eigenvalue weighted by Crippen LogP contribution is 2.52. The number of aryl methyl sites for hydroxylation is 1. The molecule has 2 aliphatic rings. The summed E-state index contributed by atoms with van der Waals surface area (Å²) in [4.78, 5) is -0.0400. The quantitative estimate of drug-likeness (QED) is 0.481. The van der Waals surface area contributed by atoms with E-state index in [2.05, 4.69) is 6.07 Å². The largest absolute Gasteiger partial charge is 0.493 e. The minimum atomic E-state index is -4.18. The maximum absolute atomic E-state index is 14.5. The highest BCUT2D eigenvalue weighted by atomic mass is 32.2. The molecule has 1 atom stereocenters. The van der Waals surface area contributed by atoms with Crippen LogP contribution in [0.1, 0.15) is 35.1 Å². The molecule has 0 amide bonds. The van der Waals surface area contributed by atoms with Crippen molar-refractivity contribution >= 4 is 21.5 Å². The van der Waals surface area contributed by atoms with Gasteiger partial charge in [0, 0.05) is 5.56 Å². The smallest absolute Gasteiger partial charge is 0.265 e. The standard InChI is InChI=1S/C29H27N3O5S/c1-4-36-24-14-13-19(15-25(24)35-3)26-22(16-30)29(31)37-27-21-11-7-8-12-23(21)32(38(33,34)28(26)27)17-20-10-6-5-9-18(20)2/h5-15,26H,4,17,31H2,1-3H3/t26-/m1/s1. The normalized spacial score (nSPS) is 17.7. The van der Waals surface area contributed by atoms with E-state index in [4.69, 9.17) is 19.9 Å². The van der Waals surface area contributed by atoms with Gasteiger partial charge in [-0.25, -0.2) is 8.42 Å². The van der Waals surface area contributed by atoms with E-state index in [-0.39, 0.29) is 28.7 Å². The summed E-state index contributed by atoms with van der Waals surface area (Å²) in [6.07, 6.45) is 0. The van der Waals surface area contributed by atoms with E-state index in [0.717, 1.165) is 11.1 Å². The number of hydrogen-bond donors (Lipinski definition) is 1. The number of para-hydroxylation sites is 1. The lowest BCUT2D eigenvalue weighted by Crippen LogP contribution is -2.39. The van der Waals surface area contributed by atoms with Gasteiger partial charge in [0.05, 0.1) is 31.9 Å². The van der Waals surface area contributed by atoms with E-state index in [1.165, 1.54) is 11.4 Å². The summed E-state index contributed by atoms with van der Waals surface area (Å²) >= 11 is 0. The Bertz CT molecular complexity index is 1640. The summed E-state index contributed by atoms with van der Waals surface area (Å²) in [7, 11) is -2.68. The van der Waals surface area contributed by atoms with Crippen LogP contribution in [0.2, 0.25) is 0 Å². The van der Waals surface area contributed by atoms with Gasteiger partial charge in [0.1, 0.15) is 16.5 Å². The van der Waals surface area contributed by atoms with Gasteiger partial charge in [0.15, 0.2) is 17.3 Å². The zero-order valence-corrected chi connectivity index (χ0v) is 22.1. The molecule has 2 heterocycles. The molecule has 0 aromatic heterocycles. The van der Waals surface area contributed by atoms with Crippen molar-refractivity contribution in [1.82, 2.24) is 0 Å². The molecule has 38 heavy (non-hydrogen) atoms. The zero-order chi connectivity index (χ0) is 27.0. The molecular weight excluding hydrogens is 502 g/mol. The second-order valence-corrected chi connectivity index (χ2v) is 10.7. The Labute approximate surface area is 222 Å². The van der Waals surface area contributed by atoms with Gasteiger partial charge < -0.3 is 19.9 Å². The third-order valence-corrected chi connectivity index (χ3v) is 8.64. The monoisotopic (exact) mass is 529 g/mol. The van der Waals surface area contributed by atoms with E-state index in [0.29, 0.717) is 34.9 Å². The van der Waals surface area contributed by atoms with Gasteiger partial charge in [0.2, 0.25) is 5.88 Å². The summed E-state index contributed by atoms with van der Waals surface area (Å²) in [5.74, 6) is -0.101. The molecule has 194 valence electrons. The van der Waals surface area contributed by atoms with E-state index in [9.17, 15) is 13.7 Å². The number of fused-ring (bicyclic) bond motifs is 2. The Kier molecular flexibility index (Phi) is 6.51. The number of nitrogens with two attached hydrogens (primary N) is 1. The van der Waals surface area contributed by atoms with Crippen molar-refractivity contribution in [2.45, 2.75) is 26.3 Å². The highest BCUT2D eigenvalue weighted by molar-refractivity contribution is 7.96. The lowest BCUT2D eigenvalue weighted by molar-refractivity contribution is 0.310. The van der Waals surface area contributed by atoms with Crippen molar-refractivity contribution in [3.05, 3.63) is 105 Å². The van der Waals surface area contributed by atoms with Crippen LogP contribution in [0.25, 0.3) is 5.76 Å². The number of hydrogen-bond acceptors (Lipinski definition) is 7. The number of benzene rings is 3. The number of nitrogens with zero attached hydrogens (tertiary/aromatic N) is 2. The van der Waals surface area contributed by atoms with Crippen LogP contribution >= 0.6 is 0 Å². The van der Waals surface area contributed by atoms with Crippen molar-refractivity contribution in [3.8, 4) is 17.6 Å². The minimum absolute atomic E-state index is 0.00811. The first kappa shape index (κ1) is 25.2. The van der Waals surface area contributed by atoms with Gasteiger partial charge in [-0.3, -0.25) is 4.31 Å². The molecule has 3 aromatic carbocycles. The van der Waals surface area contributed by atoms with Crippen molar-refractivity contribution in [1.29, 1.82) is 5.26 Å². The number of ether oxygens (including phenoxy) is 3. The first-order chi connectivity index (χ1) is 18.3. The van der Waals surface area contributed by atoms with Crippen LogP contribution in [0.5, 0.6) is 11.5 Å². The zero-order valence-electron chi connectivity index (χ0n) is 21.3. The Hall–Kier alpha value is -4.42. The van der Waals surface area contributed by atoms with Gasteiger partial charge >= 0.3 is 0 Å². The summed E-state index contributed by atoms with van der Waals surface area (Å²) < 4.78 is 47.4. The average molecular weight is 530 g/mol. The van der Waals surface area contributed by atoms with Crippen molar-refractivity contribution in [2.24, 2.45) is 5.73 Å². The number of allylic oxidation sites excluding steroid dienone is 2. The summed E-state index contributed by atoms with van der Waals surface area (Å²) in [5.41, 5.74) is 9.64. The van der Waals surface area contributed by atoms with Gasteiger partial charge in [-0.05, 0) is 54.8 Å². The van der Waals surface area contributed by atoms with Crippen molar-refractivity contribution < 1.29 is 22.6 Å². The van der Waals surface area contributed by atoms with E-state index in [1.54, 1.807) is 36.4 Å². The molecule has 0 saturated heterocycles. The van der Waals surface area contributed by atoms with Gasteiger partial charge in [-0.15, -0.1) is 0 Å². The topological polar surface area (TPSA) is 115 Å². The summed E-state index contributed by atoms with van der Waals surface area (Å²) in [6.45, 7) is 4.34. The fourth-order valence-corrected chi connectivity index (χ4v) is 6.80. The fraction of sp³-hybridized carbons (Fsp3) is 0.207. The van der Waals surface area contributed by atoms with Gasteiger partial charge in [-0.1, -0.05) is 42.5 Å². The first-order valence-corrected chi connectivity index (χ1v) is 13.5. The van der Waals surface area contributed by atoms with Crippen LogP contribution in [-0.2, 0) is 21.3 Å². The average Bonchev–Trinajstić information content (AvgIpc) is 2.91. The third kappa shape index (κ3) is 4.03. The van der Waals surface area contributed by atoms with Gasteiger partial charge in [-0.2, -0.15) is 5.26 Å². The molecule has 5 rings (SSSR count). The molecule has 3 aromatic rings. The second-order valence-electron chi connectivity index (χ2n) is 8.92. The Morgan fingerprint density at radius 2 is 1.82 bits per heavy atom. The number of anilines is 1. The van der Waals surface area contributed by atoms with Crippen LogP contribution in [-0.4, -0.2) is 22.1 Å². The maximum Gasteiger partial charge on any atom is 0.265 e. The molecule has 0 bridgehead atoms. The lowest BCUT2D eigenvalue weighted by atomic mass is 9.88. The molecule has 2 aliphatic heterocycles. The SMILES string of the molecule is CCOc1ccc([C@@H]2C(C#N)=C(N)OC3=C2S(=O)(=O)N(Cc2ccccc2C)c2ccccc23)cc1OC. The number of rotatable bonds is 6. The number of nitriles is 1. The summed E-state index contributed by atoms with van der Waals surface area (Å²) in [5, 5.41) is 10.1. The molecule has 0 fully saturated rings. The molecule has 0 aliphatic carbocycles. The fourth-order valence-electron chi connectivity index (χ4n) is 4.89. The Balaban J connectivity index is 1.75. The molecule has 9 heteroatoms. The molecular formula is C29H27N3O5S. The van der Waals surface area contributed by atoms with Crippen molar-refractivity contribution in [2.75, 3.05) is 18.0 Å². The molecule has 0 radical (unpaired) electrons. The summed E-state index contributed by atoms with van der Waals surface area (Å²) in [6, 6.07) is 22.0. The molecule has 0 spiro atoms. The van der Waals surface area contributed by atoms with Crippen LogP contribution < -0.4 is 19.5 Å². The first-order valence-electron chi connectivity index (χ1n) is 12.1. The minimum Gasteiger partial charge on any atom is -0.493 e. The van der Waals surface area contributed by atoms with Crippen LogP contribution in [0.4, 0.5) is 5.69 Å². The van der Waals surface area contributed by atoms with Gasteiger partial charge in [0.25, 0.3) is 10.0 Å². The molecule has 8 nitrogen and oxygen atoms in total. The van der Waals surface area contributed by atoms with Crippen molar-refractivity contribution in [3.63, 3.8) is 0 Å². The second kappa shape index (κ2) is 9.80. The lowest BCUT2D eigenvalue weighted by Gasteiger charge is -2.38. The number of sulfonamides is 1. The molecule has 0 saturated carbocycles. The van der Waals surface area contributed by atoms with Crippen LogP contribution in [0, 0.1) is 18.3 Å². The van der Waals surface area contributed by atoms with Crippen LogP contribution in [0.15, 0.2) is 83.1 Å². The highest BCUT2D eigenvalue weighted by Gasteiger charge is 2.47. The Morgan fingerprint density at radius 3 is 2.53 bits per heavy atom. The van der Waals surface area contributed by atoms with E-state index >= 15 is 0 Å². The molecule has 2 N–H and O–H groups in total. The predicted octanol–water partition coefficient (Wildman–Crippen LogP) is 4.93. The molecule has 0 unspecified atom stereocenters. The predicted molar refractivity (Wildman–Crippen MR) is 144 cm³/mol. The number of methoxy groups -OCH3 is 1. The maximum atomic E-state index is 14.5. The van der Waals surface area contributed by atoms with E-state index < -0.39 is 15.9 Å². The van der Waals surface area contributed by atoms with Crippen LogP contribution in [0.3, 0.4) is 0 Å². The van der Waals surface area contributed by atoms with E-state index in [1.807, 2.05) is 44.2 Å². The Morgan fingerprint density at radius 1 is 1.08 bits per heavy atom. The third-order valence-electron chi connectivity index (χ3n) is 6.75.